The molecule has 0 saturated carbocycles. The first-order valence-corrected chi connectivity index (χ1v) is 6.42. The lowest BCUT2D eigenvalue weighted by Gasteiger charge is -2.07. The number of anilines is 1. The molecule has 2 rings (SSSR count). The third-order valence-electron chi connectivity index (χ3n) is 2.63. The molecule has 19 heavy (non-hydrogen) atoms. The topological polar surface area (TPSA) is 54.3 Å². The van der Waals surface area contributed by atoms with Gasteiger partial charge in [-0.15, -0.1) is 0 Å². The van der Waals surface area contributed by atoms with Gasteiger partial charge in [0.05, 0.1) is 11.8 Å². The van der Waals surface area contributed by atoms with Gasteiger partial charge < -0.3 is 15.1 Å². The van der Waals surface area contributed by atoms with Gasteiger partial charge in [0.1, 0.15) is 0 Å². The minimum absolute atomic E-state index is 0.0984. The average Bonchev–Trinajstić information content (AvgIpc) is 2.83. The second-order valence-corrected chi connectivity index (χ2v) is 4.39. The Hall–Kier alpha value is -1.78. The van der Waals surface area contributed by atoms with E-state index in [1.807, 2.05) is 31.2 Å². The molecule has 1 aromatic carbocycles. The smallest absolute Gasteiger partial charge is 0.260 e. The largest absolute Gasteiger partial charge is 0.452 e. The lowest BCUT2D eigenvalue weighted by Crippen LogP contribution is -2.13. The summed E-state index contributed by atoms with van der Waals surface area (Å²) < 4.78 is 4.89. The molecule has 0 bridgehead atoms. The maximum Gasteiger partial charge on any atom is 0.260 e. The van der Waals surface area contributed by atoms with Crippen LogP contribution in [-0.4, -0.2) is 12.5 Å². The Morgan fingerprint density at radius 3 is 2.89 bits per heavy atom. The van der Waals surface area contributed by atoms with Gasteiger partial charge in [-0.3, -0.25) is 4.79 Å². The molecule has 0 saturated heterocycles. The van der Waals surface area contributed by atoms with Crippen LogP contribution in [0.2, 0.25) is 5.22 Å². The number of carbonyl (C=O) groups excluding carboxylic acids is 1. The van der Waals surface area contributed by atoms with E-state index in [1.165, 1.54) is 6.26 Å². The Kier molecular flexibility index (Phi) is 4.60. The summed E-state index contributed by atoms with van der Waals surface area (Å²) in [5.41, 5.74) is 2.18. The van der Waals surface area contributed by atoms with Crippen molar-refractivity contribution in [1.29, 1.82) is 0 Å². The molecule has 100 valence electrons. The predicted molar refractivity (Wildman–Crippen MR) is 75.5 cm³/mol. The van der Waals surface area contributed by atoms with Crippen molar-refractivity contribution >= 4 is 23.2 Å². The molecule has 0 fully saturated rings. The molecule has 5 heteroatoms. The van der Waals surface area contributed by atoms with Crippen molar-refractivity contribution < 1.29 is 9.21 Å². The highest BCUT2D eigenvalue weighted by molar-refractivity contribution is 6.32. The molecular weight excluding hydrogens is 264 g/mol. The van der Waals surface area contributed by atoms with Crippen LogP contribution in [0.3, 0.4) is 0 Å². The first-order chi connectivity index (χ1) is 9.20. The molecule has 1 amide bonds. The normalized spacial score (nSPS) is 10.4. The summed E-state index contributed by atoms with van der Waals surface area (Å²) >= 11 is 5.76. The van der Waals surface area contributed by atoms with Crippen LogP contribution >= 0.6 is 11.6 Å². The lowest BCUT2D eigenvalue weighted by atomic mass is 10.2. The van der Waals surface area contributed by atoms with Crippen molar-refractivity contribution in [3.63, 3.8) is 0 Å². The van der Waals surface area contributed by atoms with Crippen LogP contribution in [0.25, 0.3) is 0 Å². The number of hydrogen-bond acceptors (Lipinski definition) is 3. The molecular formula is C14H15ClN2O2. The van der Waals surface area contributed by atoms with Crippen LogP contribution in [0.15, 0.2) is 41.0 Å². The van der Waals surface area contributed by atoms with Crippen molar-refractivity contribution in [3.8, 4) is 0 Å². The first kappa shape index (κ1) is 13.6. The molecule has 2 aromatic rings. The van der Waals surface area contributed by atoms with Gasteiger partial charge in [0.2, 0.25) is 5.22 Å². The van der Waals surface area contributed by atoms with Gasteiger partial charge in [-0.05, 0) is 41.9 Å². The number of furan rings is 1. The Morgan fingerprint density at radius 2 is 2.21 bits per heavy atom. The highest BCUT2D eigenvalue weighted by Gasteiger charge is 2.13. The van der Waals surface area contributed by atoms with Crippen molar-refractivity contribution in [3.05, 3.63) is 52.9 Å². The highest BCUT2D eigenvalue weighted by Crippen LogP contribution is 2.19. The third kappa shape index (κ3) is 3.59. The monoisotopic (exact) mass is 278 g/mol. The zero-order valence-electron chi connectivity index (χ0n) is 10.6. The van der Waals surface area contributed by atoms with Crippen molar-refractivity contribution in [1.82, 2.24) is 5.32 Å². The molecule has 1 heterocycles. The number of nitrogens with one attached hydrogen (secondary N) is 2. The average molecular weight is 279 g/mol. The molecule has 0 unspecified atom stereocenters. The summed E-state index contributed by atoms with van der Waals surface area (Å²) in [5, 5.41) is 6.12. The fourth-order valence-corrected chi connectivity index (χ4v) is 1.88. The van der Waals surface area contributed by atoms with E-state index in [2.05, 4.69) is 10.6 Å². The number of rotatable bonds is 5. The van der Waals surface area contributed by atoms with Gasteiger partial charge >= 0.3 is 0 Å². The van der Waals surface area contributed by atoms with Crippen molar-refractivity contribution in [2.45, 2.75) is 13.5 Å². The zero-order chi connectivity index (χ0) is 13.7. The first-order valence-electron chi connectivity index (χ1n) is 6.04. The second-order valence-electron chi connectivity index (χ2n) is 4.04. The zero-order valence-corrected chi connectivity index (χ0v) is 11.3. The van der Waals surface area contributed by atoms with Gasteiger partial charge in [-0.1, -0.05) is 19.1 Å². The molecule has 0 radical (unpaired) electrons. The molecule has 0 spiro atoms. The number of carbonyl (C=O) groups is 1. The van der Waals surface area contributed by atoms with Gasteiger partial charge in [0.15, 0.2) is 0 Å². The van der Waals surface area contributed by atoms with Crippen LogP contribution in [0.4, 0.5) is 5.69 Å². The Morgan fingerprint density at radius 1 is 1.37 bits per heavy atom. The van der Waals surface area contributed by atoms with Crippen LogP contribution in [0.1, 0.15) is 22.8 Å². The molecule has 1 aromatic heterocycles. The third-order valence-corrected chi connectivity index (χ3v) is 2.92. The SMILES string of the molecule is CCNCc1cccc(NC(=O)c2ccoc2Cl)c1. The molecule has 0 aliphatic rings. The molecule has 0 aliphatic heterocycles. The fourth-order valence-electron chi connectivity index (χ4n) is 1.68. The maximum absolute atomic E-state index is 12.0. The van der Waals surface area contributed by atoms with Crippen LogP contribution in [-0.2, 0) is 6.54 Å². The summed E-state index contributed by atoms with van der Waals surface area (Å²) in [7, 11) is 0. The van der Waals surface area contributed by atoms with E-state index < -0.39 is 0 Å². The van der Waals surface area contributed by atoms with Crippen LogP contribution in [0, 0.1) is 0 Å². The van der Waals surface area contributed by atoms with Crippen LogP contribution in [0.5, 0.6) is 0 Å². The Balaban J connectivity index is 2.07. The summed E-state index contributed by atoms with van der Waals surface area (Å²) in [6.45, 7) is 3.72. The number of benzene rings is 1. The van der Waals surface area contributed by atoms with Crippen molar-refractivity contribution in [2.24, 2.45) is 0 Å². The number of halogens is 1. The highest BCUT2D eigenvalue weighted by atomic mass is 35.5. The maximum atomic E-state index is 12.0. The van der Waals surface area contributed by atoms with E-state index in [-0.39, 0.29) is 11.1 Å². The predicted octanol–water partition coefficient (Wildman–Crippen LogP) is 3.29. The van der Waals surface area contributed by atoms with E-state index in [9.17, 15) is 4.79 Å². The van der Waals surface area contributed by atoms with Gasteiger partial charge in [-0.2, -0.15) is 0 Å². The Bertz CT molecular complexity index is 566. The minimum Gasteiger partial charge on any atom is -0.452 e. The quantitative estimate of drug-likeness (QED) is 0.882. The summed E-state index contributed by atoms with van der Waals surface area (Å²) in [6.07, 6.45) is 1.39. The van der Waals surface area contributed by atoms with Gasteiger partial charge in [0.25, 0.3) is 5.91 Å². The van der Waals surface area contributed by atoms with E-state index in [1.54, 1.807) is 6.07 Å². The van der Waals surface area contributed by atoms with Crippen LogP contribution < -0.4 is 10.6 Å². The van der Waals surface area contributed by atoms with E-state index in [0.29, 0.717) is 5.56 Å². The summed E-state index contributed by atoms with van der Waals surface area (Å²) in [6, 6.07) is 9.21. The minimum atomic E-state index is -0.278. The van der Waals surface area contributed by atoms with Gasteiger partial charge in [-0.25, -0.2) is 0 Å². The molecule has 0 atom stereocenters. The lowest BCUT2D eigenvalue weighted by molar-refractivity contribution is 0.102. The standard InChI is InChI=1S/C14H15ClN2O2/c1-2-16-9-10-4-3-5-11(8-10)17-14(18)12-6-7-19-13(12)15/h3-8,16H,2,9H2,1H3,(H,17,18). The van der Waals surface area contributed by atoms with Crippen molar-refractivity contribution in [2.75, 3.05) is 11.9 Å². The van der Waals surface area contributed by atoms with Gasteiger partial charge in [0, 0.05) is 12.2 Å². The Labute approximate surface area is 116 Å². The second kappa shape index (κ2) is 6.41. The summed E-state index contributed by atoms with van der Waals surface area (Å²) in [5.74, 6) is -0.278. The van der Waals surface area contributed by atoms with E-state index in [0.717, 1.165) is 24.3 Å². The molecule has 0 aliphatic carbocycles. The molecule has 4 nitrogen and oxygen atoms in total. The van der Waals surface area contributed by atoms with E-state index >= 15 is 0 Å². The van der Waals surface area contributed by atoms with E-state index in [4.69, 9.17) is 16.0 Å². The number of amides is 1. The number of hydrogen-bond donors (Lipinski definition) is 2. The molecule has 2 N–H and O–H groups in total. The fraction of sp³-hybridized carbons (Fsp3) is 0.214. The summed E-state index contributed by atoms with van der Waals surface area (Å²) in [4.78, 5) is 12.0.